The van der Waals surface area contributed by atoms with Crippen molar-refractivity contribution in [1.82, 2.24) is 0 Å². The fourth-order valence-corrected chi connectivity index (χ4v) is 18.7. The van der Waals surface area contributed by atoms with Crippen molar-refractivity contribution in [2.24, 2.45) is 17.2 Å². The summed E-state index contributed by atoms with van der Waals surface area (Å²) in [7, 11) is 1.61. The molecule has 4 rings (SSSR count). The standard InChI is InChI=1S/C51H83N5P2.4BrH/c1-4-5-38-55(2,41-24-35-52)39-18-20-44-57(48-27-10-6-11-28-48,49-29-12-7-13-30-49)46-22-23-47-58(50-31-14-8-15-32-50,51-33-16-9-17-34-51)45-21-19-40-56(3,42-25-36-53)43-26-37-54;;;;/h6-17,27-34H,4-5,18-26,35-47,52-54H2,1-3H3;4*1H/q+4;;;;/p-4. The molecule has 0 aliphatic carbocycles. The first-order chi connectivity index (χ1) is 28.3. The molecule has 6 N–H and O–H groups in total. The van der Waals surface area contributed by atoms with Crippen molar-refractivity contribution in [2.75, 3.05) is 97.6 Å². The van der Waals surface area contributed by atoms with Gasteiger partial charge >= 0.3 is 0 Å². The first-order valence-electron chi connectivity index (χ1n) is 23.0. The Labute approximate surface area is 423 Å². The zero-order valence-electron chi connectivity index (χ0n) is 38.6. The van der Waals surface area contributed by atoms with Crippen LogP contribution in [-0.4, -0.2) is 107 Å². The lowest BCUT2D eigenvalue weighted by molar-refractivity contribution is -0.910. The fraction of sp³-hybridized carbons (Fsp3) is 0.529. The topological polar surface area (TPSA) is 78.1 Å². The van der Waals surface area contributed by atoms with Gasteiger partial charge in [0.2, 0.25) is 0 Å². The molecule has 0 saturated carbocycles. The molecule has 0 aliphatic heterocycles. The number of nitrogens with two attached hydrogens (primary N) is 3. The minimum atomic E-state index is -1.66. The molecule has 0 radical (unpaired) electrons. The first-order valence-corrected chi connectivity index (χ1v) is 27.3. The summed E-state index contributed by atoms with van der Waals surface area (Å²) in [5, 5.41) is 6.34. The molecule has 0 amide bonds. The first kappa shape index (κ1) is 61.5. The fourth-order valence-electron chi connectivity index (χ4n) is 9.55. The number of unbranched alkanes of at least 4 members (excludes halogenated alkanes) is 4. The molecule has 0 aromatic heterocycles. The van der Waals surface area contributed by atoms with E-state index < -0.39 is 14.5 Å². The third-order valence-electron chi connectivity index (χ3n) is 13.1. The highest BCUT2D eigenvalue weighted by molar-refractivity contribution is 7.90. The highest BCUT2D eigenvalue weighted by Gasteiger charge is 2.44. The van der Waals surface area contributed by atoms with Crippen LogP contribution in [0.4, 0.5) is 0 Å². The number of halogens is 4. The molecular weight excluding hydrogens is 1060 g/mol. The van der Waals surface area contributed by atoms with E-state index in [2.05, 4.69) is 142 Å². The molecule has 1 atom stereocenters. The maximum Gasteiger partial charge on any atom is 0.0991 e. The summed E-state index contributed by atoms with van der Waals surface area (Å²) in [5.74, 6) is 0. The van der Waals surface area contributed by atoms with E-state index in [0.29, 0.717) is 0 Å². The van der Waals surface area contributed by atoms with Crippen LogP contribution in [0, 0.1) is 0 Å². The summed E-state index contributed by atoms with van der Waals surface area (Å²) in [6.45, 7) is 11.8. The lowest BCUT2D eigenvalue weighted by Gasteiger charge is -2.35. The second-order valence-electron chi connectivity index (χ2n) is 17.7. The Morgan fingerprint density at radius 3 is 0.806 bits per heavy atom. The minimum absolute atomic E-state index is 0. The molecule has 4 aromatic rings. The highest BCUT2D eigenvalue weighted by atomic mass is 79.9. The van der Waals surface area contributed by atoms with Gasteiger partial charge in [-0.2, -0.15) is 0 Å². The van der Waals surface area contributed by atoms with Crippen molar-refractivity contribution in [3.8, 4) is 0 Å². The van der Waals surface area contributed by atoms with E-state index >= 15 is 0 Å². The molecule has 62 heavy (non-hydrogen) atoms. The van der Waals surface area contributed by atoms with Crippen LogP contribution in [0.3, 0.4) is 0 Å². The monoisotopic (exact) mass is 1140 g/mol. The lowest BCUT2D eigenvalue weighted by Crippen LogP contribution is -3.00. The molecule has 350 valence electrons. The van der Waals surface area contributed by atoms with Crippen LogP contribution in [0.15, 0.2) is 121 Å². The van der Waals surface area contributed by atoms with Gasteiger partial charge in [0.25, 0.3) is 0 Å². The summed E-state index contributed by atoms with van der Waals surface area (Å²) >= 11 is 0. The van der Waals surface area contributed by atoms with Gasteiger partial charge < -0.3 is 94.1 Å². The van der Waals surface area contributed by atoms with Gasteiger partial charge in [-0.3, -0.25) is 0 Å². The average molecular weight is 1150 g/mol. The number of rotatable bonds is 31. The number of hydrogen-bond donors (Lipinski definition) is 3. The SMILES string of the molecule is CCCC[N+](C)(CCCN)CCCC[P+](CCCC[P+](CCCC[N+](C)(CCCN)CCCN)(c1ccccc1)c1ccccc1)(c1ccccc1)c1ccccc1.[Br-].[Br-].[Br-].[Br-]. The predicted octanol–water partition coefficient (Wildman–Crippen LogP) is -3.58. The number of hydrogen-bond acceptors (Lipinski definition) is 3. The molecular formula is C51H83Br4N5P2. The van der Waals surface area contributed by atoms with Crippen molar-refractivity contribution in [3.63, 3.8) is 0 Å². The van der Waals surface area contributed by atoms with Crippen molar-refractivity contribution >= 4 is 35.7 Å². The van der Waals surface area contributed by atoms with E-state index in [-0.39, 0.29) is 67.9 Å². The number of quaternary nitrogens is 2. The van der Waals surface area contributed by atoms with Crippen LogP contribution in [-0.2, 0) is 0 Å². The van der Waals surface area contributed by atoms with E-state index in [1.54, 1.807) is 21.2 Å². The van der Waals surface area contributed by atoms with Crippen LogP contribution in [0.2, 0.25) is 0 Å². The molecule has 0 saturated heterocycles. The van der Waals surface area contributed by atoms with Crippen molar-refractivity contribution in [3.05, 3.63) is 121 Å². The smallest absolute Gasteiger partial charge is 0.0991 e. The number of nitrogens with zero attached hydrogens (tertiary/aromatic N) is 2. The summed E-state index contributed by atoms with van der Waals surface area (Å²) in [6, 6.07) is 46.7. The van der Waals surface area contributed by atoms with Crippen molar-refractivity contribution in [1.29, 1.82) is 0 Å². The molecule has 0 bridgehead atoms. The zero-order valence-corrected chi connectivity index (χ0v) is 46.7. The van der Waals surface area contributed by atoms with Gasteiger partial charge in [0, 0.05) is 32.1 Å². The molecule has 0 spiro atoms. The van der Waals surface area contributed by atoms with E-state index in [9.17, 15) is 0 Å². The minimum Gasteiger partial charge on any atom is -1.00 e. The van der Waals surface area contributed by atoms with Crippen LogP contribution in [0.25, 0.3) is 0 Å². The maximum absolute atomic E-state index is 6.02. The Morgan fingerprint density at radius 1 is 0.339 bits per heavy atom. The normalized spacial score (nSPS) is 12.5. The van der Waals surface area contributed by atoms with Crippen LogP contribution < -0.4 is 106 Å². The van der Waals surface area contributed by atoms with Crippen LogP contribution in [0.5, 0.6) is 0 Å². The van der Waals surface area contributed by atoms with Gasteiger partial charge in [-0.15, -0.1) is 0 Å². The molecule has 4 aromatic carbocycles. The summed E-state index contributed by atoms with van der Waals surface area (Å²) in [4.78, 5) is 0. The van der Waals surface area contributed by atoms with E-state index in [1.165, 1.54) is 102 Å². The van der Waals surface area contributed by atoms with E-state index in [4.69, 9.17) is 17.2 Å². The second kappa shape index (κ2) is 33.9. The molecule has 0 heterocycles. The highest BCUT2D eigenvalue weighted by Crippen LogP contribution is 2.60. The number of benzene rings is 4. The Hall–Kier alpha value is -0.540. The maximum atomic E-state index is 6.02. The van der Waals surface area contributed by atoms with E-state index in [1.807, 2.05) is 0 Å². The quantitative estimate of drug-likeness (QED) is 0.0278. The van der Waals surface area contributed by atoms with Gasteiger partial charge in [0.1, 0.15) is 0 Å². The summed E-state index contributed by atoms with van der Waals surface area (Å²) < 4.78 is 2.25. The van der Waals surface area contributed by atoms with Gasteiger partial charge in [-0.1, -0.05) is 86.1 Å². The predicted molar refractivity (Wildman–Crippen MR) is 263 cm³/mol. The van der Waals surface area contributed by atoms with Crippen molar-refractivity contribution < 1.29 is 76.9 Å². The molecule has 0 aliphatic rings. The van der Waals surface area contributed by atoms with Gasteiger partial charge in [-0.25, -0.2) is 0 Å². The Bertz CT molecular complexity index is 1430. The largest absolute Gasteiger partial charge is 1.00 e. The second-order valence-corrected chi connectivity index (χ2v) is 25.4. The van der Waals surface area contributed by atoms with Crippen LogP contribution in [0.1, 0.15) is 77.6 Å². The molecule has 5 nitrogen and oxygen atoms in total. The molecule has 0 fully saturated rings. The van der Waals surface area contributed by atoms with Crippen molar-refractivity contribution in [2.45, 2.75) is 77.6 Å². The molecule has 11 heteroatoms. The summed E-state index contributed by atoms with van der Waals surface area (Å²) in [6.07, 6.45) is 18.5. The third-order valence-corrected chi connectivity index (χ3v) is 22.5. The summed E-state index contributed by atoms with van der Waals surface area (Å²) in [5.41, 5.74) is 18.0. The Kier molecular flexibility index (Phi) is 33.6. The average Bonchev–Trinajstić information content (AvgIpc) is 3.28. The van der Waals surface area contributed by atoms with Gasteiger partial charge in [-0.05, 0) is 100 Å². The zero-order chi connectivity index (χ0) is 41.4. The molecule has 1 unspecified atom stereocenters. The Morgan fingerprint density at radius 2 is 0.565 bits per heavy atom. The Balaban J connectivity index is 0.00000930. The van der Waals surface area contributed by atoms with Crippen LogP contribution >= 0.6 is 14.5 Å². The van der Waals surface area contributed by atoms with Gasteiger partial charge in [0.05, 0.1) is 114 Å². The lowest BCUT2D eigenvalue weighted by atomic mass is 10.2. The third kappa shape index (κ3) is 19.4. The van der Waals surface area contributed by atoms with Gasteiger partial charge in [0.15, 0.2) is 0 Å². The van der Waals surface area contributed by atoms with E-state index in [0.717, 1.165) is 61.0 Å².